The van der Waals surface area contributed by atoms with Crippen molar-refractivity contribution in [1.82, 2.24) is 5.01 Å². The molecular formula is C22H23N5. The van der Waals surface area contributed by atoms with Gasteiger partial charge in [0.25, 0.3) is 0 Å². The number of fused-ring (bicyclic) bond motifs is 1. The molecule has 2 unspecified atom stereocenters. The SMILES string of the molecule is NC1=CC=NN2C1=NC(c1ccc(C3(N)CCC3)cc1)C2c1ccccc1. The van der Waals surface area contributed by atoms with Crippen LogP contribution < -0.4 is 11.5 Å². The first-order chi connectivity index (χ1) is 13.2. The number of hydrogen-bond donors (Lipinski definition) is 2. The summed E-state index contributed by atoms with van der Waals surface area (Å²) in [4.78, 5) is 4.95. The van der Waals surface area contributed by atoms with Gasteiger partial charge in [-0.25, -0.2) is 5.01 Å². The standard InChI is InChI=1S/C22H23N5/c23-18-11-14-25-27-20(16-5-2-1-3-6-16)19(26-21(18)27)15-7-9-17(10-8-15)22(24)12-4-13-22/h1-3,5-11,14,19-20H,4,12-13,23-24H2. The number of hydrogen-bond acceptors (Lipinski definition) is 5. The van der Waals surface area contributed by atoms with Gasteiger partial charge in [-0.1, -0.05) is 54.6 Å². The zero-order chi connectivity index (χ0) is 18.4. The summed E-state index contributed by atoms with van der Waals surface area (Å²) < 4.78 is 0. The first-order valence-electron chi connectivity index (χ1n) is 9.47. The topological polar surface area (TPSA) is 80.0 Å². The van der Waals surface area contributed by atoms with Gasteiger partial charge in [-0.2, -0.15) is 5.10 Å². The van der Waals surface area contributed by atoms with Crippen molar-refractivity contribution >= 4 is 12.1 Å². The van der Waals surface area contributed by atoms with E-state index >= 15 is 0 Å². The number of hydrazone groups is 1. The Balaban J connectivity index is 1.54. The molecule has 2 aliphatic heterocycles. The molecule has 0 saturated heterocycles. The van der Waals surface area contributed by atoms with Crippen molar-refractivity contribution in [2.75, 3.05) is 0 Å². The molecule has 2 atom stereocenters. The number of aliphatic imine (C=N–C) groups is 1. The van der Waals surface area contributed by atoms with Crippen LogP contribution in [0.2, 0.25) is 0 Å². The van der Waals surface area contributed by atoms with Gasteiger partial charge in [0.05, 0.1) is 5.70 Å². The second kappa shape index (κ2) is 6.06. The minimum atomic E-state index is -0.145. The Labute approximate surface area is 159 Å². The summed E-state index contributed by atoms with van der Waals surface area (Å²) in [7, 11) is 0. The molecule has 4 N–H and O–H groups in total. The van der Waals surface area contributed by atoms with Crippen molar-refractivity contribution < 1.29 is 0 Å². The lowest BCUT2D eigenvalue weighted by atomic mass is 9.72. The van der Waals surface area contributed by atoms with Crippen LogP contribution in [0.15, 0.2) is 76.5 Å². The van der Waals surface area contributed by atoms with Crippen LogP contribution in [-0.4, -0.2) is 17.1 Å². The molecular weight excluding hydrogens is 334 g/mol. The van der Waals surface area contributed by atoms with E-state index < -0.39 is 0 Å². The van der Waals surface area contributed by atoms with Crippen molar-refractivity contribution in [3.63, 3.8) is 0 Å². The van der Waals surface area contributed by atoms with Gasteiger partial charge in [0.1, 0.15) is 12.1 Å². The molecule has 5 rings (SSSR count). The van der Waals surface area contributed by atoms with Crippen molar-refractivity contribution in [3.8, 4) is 0 Å². The molecule has 1 fully saturated rings. The maximum absolute atomic E-state index is 6.48. The third-order valence-electron chi connectivity index (χ3n) is 5.96. The molecule has 3 aliphatic rings. The summed E-state index contributed by atoms with van der Waals surface area (Å²) in [5, 5.41) is 6.50. The molecule has 2 heterocycles. The Hall–Kier alpha value is -2.92. The predicted octanol–water partition coefficient (Wildman–Crippen LogP) is 3.36. The van der Waals surface area contributed by atoms with Gasteiger partial charge in [-0.15, -0.1) is 0 Å². The highest BCUT2D eigenvalue weighted by molar-refractivity contribution is 6.04. The monoisotopic (exact) mass is 357 g/mol. The van der Waals surface area contributed by atoms with Crippen LogP contribution >= 0.6 is 0 Å². The van der Waals surface area contributed by atoms with Crippen molar-refractivity contribution in [3.05, 3.63) is 83.1 Å². The molecule has 27 heavy (non-hydrogen) atoms. The molecule has 0 bridgehead atoms. The summed E-state index contributed by atoms with van der Waals surface area (Å²) in [6.45, 7) is 0. The Bertz CT molecular complexity index is 938. The van der Waals surface area contributed by atoms with E-state index in [4.69, 9.17) is 16.5 Å². The maximum atomic E-state index is 6.48. The third kappa shape index (κ3) is 2.58. The van der Waals surface area contributed by atoms with Crippen molar-refractivity contribution in [2.24, 2.45) is 21.6 Å². The summed E-state index contributed by atoms with van der Waals surface area (Å²) in [6.07, 6.45) is 6.88. The maximum Gasteiger partial charge on any atom is 0.169 e. The number of nitrogens with two attached hydrogens (primary N) is 2. The van der Waals surface area contributed by atoms with E-state index in [0.717, 1.165) is 24.2 Å². The summed E-state index contributed by atoms with van der Waals surface area (Å²) in [5.74, 6) is 0.745. The van der Waals surface area contributed by atoms with Crippen LogP contribution in [0, 0.1) is 0 Å². The van der Waals surface area contributed by atoms with Gasteiger partial charge in [-0.05, 0) is 42.0 Å². The number of allylic oxidation sites excluding steroid dienone is 1. The van der Waals surface area contributed by atoms with E-state index in [0.29, 0.717) is 5.70 Å². The number of amidine groups is 1. The van der Waals surface area contributed by atoms with Gasteiger partial charge in [-0.3, -0.25) is 4.99 Å². The number of benzene rings is 2. The van der Waals surface area contributed by atoms with Crippen LogP contribution in [-0.2, 0) is 5.54 Å². The lowest BCUT2D eigenvalue weighted by molar-refractivity contribution is 0.253. The highest BCUT2D eigenvalue weighted by Gasteiger charge is 2.40. The highest BCUT2D eigenvalue weighted by Crippen LogP contribution is 2.44. The number of rotatable bonds is 3. The molecule has 0 radical (unpaired) electrons. The molecule has 1 aliphatic carbocycles. The molecule has 5 heteroatoms. The quantitative estimate of drug-likeness (QED) is 0.884. The van der Waals surface area contributed by atoms with Crippen LogP contribution in [0.3, 0.4) is 0 Å². The van der Waals surface area contributed by atoms with Gasteiger partial charge in [0, 0.05) is 11.8 Å². The summed E-state index contributed by atoms with van der Waals surface area (Å²) in [5.41, 5.74) is 16.7. The van der Waals surface area contributed by atoms with E-state index in [1.165, 1.54) is 17.5 Å². The molecule has 0 spiro atoms. The van der Waals surface area contributed by atoms with E-state index in [2.05, 4.69) is 53.6 Å². The van der Waals surface area contributed by atoms with Gasteiger partial charge in [0.2, 0.25) is 0 Å². The Morgan fingerprint density at radius 3 is 2.37 bits per heavy atom. The normalized spacial score (nSPS) is 25.4. The fourth-order valence-electron chi connectivity index (χ4n) is 4.21. The molecule has 0 amide bonds. The average Bonchev–Trinajstić information content (AvgIpc) is 3.08. The van der Waals surface area contributed by atoms with Crippen LogP contribution in [0.25, 0.3) is 0 Å². The Morgan fingerprint density at radius 1 is 0.963 bits per heavy atom. The predicted molar refractivity (Wildman–Crippen MR) is 108 cm³/mol. The minimum absolute atomic E-state index is 0.00825. The minimum Gasteiger partial charge on any atom is -0.396 e. The smallest absolute Gasteiger partial charge is 0.169 e. The van der Waals surface area contributed by atoms with E-state index in [1.807, 2.05) is 11.1 Å². The van der Waals surface area contributed by atoms with E-state index in [-0.39, 0.29) is 17.6 Å². The zero-order valence-corrected chi connectivity index (χ0v) is 15.1. The average molecular weight is 357 g/mol. The third-order valence-corrected chi connectivity index (χ3v) is 5.96. The van der Waals surface area contributed by atoms with E-state index in [9.17, 15) is 0 Å². The number of nitrogens with zero attached hydrogens (tertiary/aromatic N) is 3. The fraction of sp³-hybridized carbons (Fsp3) is 0.273. The Kier molecular flexibility index (Phi) is 3.65. The lowest BCUT2D eigenvalue weighted by Gasteiger charge is -2.38. The van der Waals surface area contributed by atoms with Crippen LogP contribution in [0.1, 0.15) is 48.0 Å². The summed E-state index contributed by atoms with van der Waals surface area (Å²) in [6, 6.07) is 19.0. The highest BCUT2D eigenvalue weighted by atomic mass is 15.5. The molecule has 136 valence electrons. The van der Waals surface area contributed by atoms with Gasteiger partial charge >= 0.3 is 0 Å². The summed E-state index contributed by atoms with van der Waals surface area (Å²) >= 11 is 0. The van der Waals surface area contributed by atoms with Crippen LogP contribution in [0.4, 0.5) is 0 Å². The first-order valence-corrected chi connectivity index (χ1v) is 9.47. The largest absolute Gasteiger partial charge is 0.396 e. The molecule has 2 aromatic rings. The first kappa shape index (κ1) is 16.3. The van der Waals surface area contributed by atoms with Crippen molar-refractivity contribution in [2.45, 2.75) is 36.9 Å². The second-order valence-electron chi connectivity index (χ2n) is 7.62. The zero-order valence-electron chi connectivity index (χ0n) is 15.1. The van der Waals surface area contributed by atoms with Gasteiger partial charge < -0.3 is 11.5 Å². The van der Waals surface area contributed by atoms with Crippen molar-refractivity contribution in [1.29, 1.82) is 0 Å². The van der Waals surface area contributed by atoms with Crippen LogP contribution in [0.5, 0.6) is 0 Å². The lowest BCUT2D eigenvalue weighted by Crippen LogP contribution is -2.43. The molecule has 2 aromatic carbocycles. The molecule has 1 saturated carbocycles. The second-order valence-corrected chi connectivity index (χ2v) is 7.62. The van der Waals surface area contributed by atoms with E-state index in [1.54, 1.807) is 12.3 Å². The van der Waals surface area contributed by atoms with Gasteiger partial charge in [0.15, 0.2) is 5.84 Å². The molecule has 0 aromatic heterocycles. The Morgan fingerprint density at radius 2 is 1.70 bits per heavy atom. The molecule has 5 nitrogen and oxygen atoms in total. The fourth-order valence-corrected chi connectivity index (χ4v) is 4.21.